The molecule has 0 fully saturated rings. The van der Waals surface area contributed by atoms with Gasteiger partial charge in [0.15, 0.2) is 0 Å². The molecular weight excluding hydrogens is 493 g/mol. The monoisotopic (exact) mass is 505 g/mol. The predicted octanol–water partition coefficient (Wildman–Crippen LogP) is 4.73. The molecule has 0 spiro atoms. The van der Waals surface area contributed by atoms with Crippen molar-refractivity contribution in [3.8, 4) is 11.8 Å². The highest BCUT2D eigenvalue weighted by atomic mass is 79.9. The zero-order valence-corrected chi connectivity index (χ0v) is 18.9. The van der Waals surface area contributed by atoms with Crippen LogP contribution in [0.25, 0.3) is 5.69 Å². The fourth-order valence-electron chi connectivity index (χ4n) is 2.85. The van der Waals surface area contributed by atoms with Gasteiger partial charge in [0.25, 0.3) is 11.8 Å². The molecule has 0 saturated carbocycles. The lowest BCUT2D eigenvalue weighted by atomic mass is 10.1. The van der Waals surface area contributed by atoms with E-state index in [1.807, 2.05) is 6.07 Å². The third-order valence-electron chi connectivity index (χ3n) is 4.23. The van der Waals surface area contributed by atoms with Crippen molar-refractivity contribution in [1.82, 2.24) is 15.1 Å². The van der Waals surface area contributed by atoms with Gasteiger partial charge in [-0.2, -0.15) is 10.4 Å². The summed E-state index contributed by atoms with van der Waals surface area (Å²) in [6.45, 7) is 1.73. The number of halogens is 3. The Balaban J connectivity index is 2.05. The van der Waals surface area contributed by atoms with Crippen molar-refractivity contribution in [3.63, 3.8) is 0 Å². The van der Waals surface area contributed by atoms with E-state index < -0.39 is 5.91 Å². The average Bonchev–Trinajstić information content (AvgIpc) is 3.10. The Labute approximate surface area is 190 Å². The molecule has 0 unspecified atom stereocenters. The summed E-state index contributed by atoms with van der Waals surface area (Å²) in [4.78, 5) is 25.4. The van der Waals surface area contributed by atoms with Crippen molar-refractivity contribution in [3.05, 3.63) is 73.4 Å². The highest BCUT2D eigenvalue weighted by molar-refractivity contribution is 9.10. The highest BCUT2D eigenvalue weighted by Crippen LogP contribution is 2.28. The van der Waals surface area contributed by atoms with Crippen LogP contribution in [0, 0.1) is 18.3 Å². The largest absolute Gasteiger partial charge is 0.355 e. The van der Waals surface area contributed by atoms with E-state index in [0.717, 1.165) is 0 Å². The first-order valence-corrected chi connectivity index (χ1v) is 10.1. The minimum atomic E-state index is -0.510. The van der Waals surface area contributed by atoms with Crippen LogP contribution in [0.2, 0.25) is 10.0 Å². The number of benzene rings is 2. The topological polar surface area (TPSA) is 99.8 Å². The van der Waals surface area contributed by atoms with E-state index in [1.54, 1.807) is 25.1 Å². The smallest absolute Gasteiger partial charge is 0.274 e. The number of aryl methyl sites for hydroxylation is 1. The summed E-state index contributed by atoms with van der Waals surface area (Å²) in [7, 11) is 1.49. The maximum atomic E-state index is 13.1. The van der Waals surface area contributed by atoms with Crippen LogP contribution in [0.5, 0.6) is 0 Å². The quantitative estimate of drug-likeness (QED) is 0.534. The van der Waals surface area contributed by atoms with Crippen molar-refractivity contribution in [2.45, 2.75) is 6.92 Å². The van der Waals surface area contributed by atoms with E-state index in [1.165, 1.54) is 29.9 Å². The Kier molecular flexibility index (Phi) is 6.46. The second kappa shape index (κ2) is 8.88. The van der Waals surface area contributed by atoms with Gasteiger partial charge in [0.05, 0.1) is 33.6 Å². The number of carbonyl (C=O) groups is 2. The molecular formula is C20H14BrCl2N5O2. The summed E-state index contributed by atoms with van der Waals surface area (Å²) in [5.74, 6) is -0.898. The third kappa shape index (κ3) is 4.33. The first-order chi connectivity index (χ1) is 14.2. The first kappa shape index (κ1) is 21.8. The van der Waals surface area contributed by atoms with Crippen LogP contribution in [-0.4, -0.2) is 28.6 Å². The van der Waals surface area contributed by atoms with Gasteiger partial charge < -0.3 is 10.6 Å². The molecule has 3 rings (SSSR count). The zero-order valence-electron chi connectivity index (χ0n) is 15.8. The summed E-state index contributed by atoms with van der Waals surface area (Å²) in [5, 5.41) is 19.2. The zero-order chi connectivity index (χ0) is 22.0. The molecule has 3 aromatic rings. The van der Waals surface area contributed by atoms with Gasteiger partial charge in [-0.25, -0.2) is 4.68 Å². The van der Waals surface area contributed by atoms with Gasteiger partial charge in [0.2, 0.25) is 0 Å². The van der Waals surface area contributed by atoms with Crippen LogP contribution in [0.4, 0.5) is 5.69 Å². The maximum Gasteiger partial charge on any atom is 0.274 e. The fraction of sp³-hybridized carbons (Fsp3) is 0.100. The van der Waals surface area contributed by atoms with Gasteiger partial charge in [-0.15, -0.1) is 0 Å². The lowest BCUT2D eigenvalue weighted by Gasteiger charge is -2.15. The summed E-state index contributed by atoms with van der Waals surface area (Å²) < 4.78 is 1.76. The molecule has 152 valence electrons. The van der Waals surface area contributed by atoms with Gasteiger partial charge in [0.1, 0.15) is 10.3 Å². The van der Waals surface area contributed by atoms with Crippen LogP contribution >= 0.6 is 39.1 Å². The van der Waals surface area contributed by atoms with E-state index in [2.05, 4.69) is 31.7 Å². The van der Waals surface area contributed by atoms with E-state index in [0.29, 0.717) is 32.1 Å². The van der Waals surface area contributed by atoms with Gasteiger partial charge in [0, 0.05) is 18.1 Å². The second-order valence-electron chi connectivity index (χ2n) is 6.22. The highest BCUT2D eigenvalue weighted by Gasteiger charge is 2.21. The number of carbonyl (C=O) groups excluding carboxylic acids is 2. The number of amides is 2. The lowest BCUT2D eigenvalue weighted by Crippen LogP contribution is -2.23. The average molecular weight is 507 g/mol. The molecule has 1 heterocycles. The number of anilines is 1. The van der Waals surface area contributed by atoms with Crippen molar-refractivity contribution >= 4 is 56.6 Å². The Bertz CT molecular complexity index is 1220. The molecule has 1 aromatic heterocycles. The van der Waals surface area contributed by atoms with E-state index in [-0.39, 0.29) is 22.2 Å². The maximum absolute atomic E-state index is 13.1. The van der Waals surface area contributed by atoms with Crippen molar-refractivity contribution in [2.24, 2.45) is 0 Å². The third-order valence-corrected chi connectivity index (χ3v) is 5.14. The summed E-state index contributed by atoms with van der Waals surface area (Å²) in [6, 6.07) is 11.3. The van der Waals surface area contributed by atoms with E-state index >= 15 is 0 Å². The number of aromatic nitrogens is 2. The number of nitriles is 1. The molecule has 0 aliphatic rings. The number of nitrogens with zero attached hydrogens (tertiary/aromatic N) is 3. The summed E-state index contributed by atoms with van der Waals surface area (Å²) >= 11 is 15.6. The minimum Gasteiger partial charge on any atom is -0.355 e. The van der Waals surface area contributed by atoms with Gasteiger partial charge in [-0.1, -0.05) is 23.2 Å². The Morgan fingerprint density at radius 1 is 1.17 bits per heavy atom. The Morgan fingerprint density at radius 3 is 2.53 bits per heavy atom. The van der Waals surface area contributed by atoms with Crippen LogP contribution in [0.3, 0.4) is 0 Å². The molecule has 30 heavy (non-hydrogen) atoms. The Morgan fingerprint density at radius 2 is 1.90 bits per heavy atom. The lowest BCUT2D eigenvalue weighted by molar-refractivity contribution is 0.0964. The van der Waals surface area contributed by atoms with E-state index in [9.17, 15) is 9.59 Å². The molecule has 7 nitrogen and oxygen atoms in total. The fourth-order valence-corrected chi connectivity index (χ4v) is 3.75. The van der Waals surface area contributed by atoms with Crippen LogP contribution < -0.4 is 10.6 Å². The molecule has 0 bridgehead atoms. The standard InChI is InChI=1S/C20H14BrCl2N5O2/c1-10-5-12(22)7-13(19(29)25-2)18(10)26-20(30)16-8-17(21)27-28(16)15-4-3-11(9-24)6-14(15)23/h3-8H,1-2H3,(H,25,29)(H,26,30). The molecule has 0 aliphatic heterocycles. The molecule has 2 aromatic carbocycles. The molecule has 0 atom stereocenters. The number of nitrogens with one attached hydrogen (secondary N) is 2. The molecule has 10 heteroatoms. The first-order valence-electron chi connectivity index (χ1n) is 8.54. The number of rotatable bonds is 4. The van der Waals surface area contributed by atoms with Crippen LogP contribution in [0.1, 0.15) is 32.0 Å². The number of hydrogen-bond donors (Lipinski definition) is 2. The molecule has 0 radical (unpaired) electrons. The Hall–Kier alpha value is -2.86. The van der Waals surface area contributed by atoms with Crippen molar-refractivity contribution in [1.29, 1.82) is 5.26 Å². The van der Waals surface area contributed by atoms with Gasteiger partial charge in [-0.05, 0) is 58.7 Å². The molecule has 0 aliphatic carbocycles. The summed E-state index contributed by atoms with van der Waals surface area (Å²) in [6.07, 6.45) is 0. The van der Waals surface area contributed by atoms with E-state index in [4.69, 9.17) is 28.5 Å². The summed E-state index contributed by atoms with van der Waals surface area (Å²) in [5.41, 5.74) is 2.16. The SMILES string of the molecule is CNC(=O)c1cc(Cl)cc(C)c1NC(=O)c1cc(Br)nn1-c1ccc(C#N)cc1Cl. The molecule has 2 amide bonds. The molecule has 0 saturated heterocycles. The molecule has 2 N–H and O–H groups in total. The normalized spacial score (nSPS) is 10.4. The van der Waals surface area contributed by atoms with Gasteiger partial charge >= 0.3 is 0 Å². The predicted molar refractivity (Wildman–Crippen MR) is 119 cm³/mol. The number of hydrogen-bond acceptors (Lipinski definition) is 4. The second-order valence-corrected chi connectivity index (χ2v) is 7.88. The van der Waals surface area contributed by atoms with Crippen LogP contribution in [0.15, 0.2) is 41.0 Å². The van der Waals surface area contributed by atoms with Crippen LogP contribution in [-0.2, 0) is 0 Å². The van der Waals surface area contributed by atoms with Crippen molar-refractivity contribution < 1.29 is 9.59 Å². The van der Waals surface area contributed by atoms with Gasteiger partial charge in [-0.3, -0.25) is 9.59 Å². The van der Waals surface area contributed by atoms with Crippen molar-refractivity contribution in [2.75, 3.05) is 12.4 Å². The minimum absolute atomic E-state index is 0.172.